The molecule has 0 unspecified atom stereocenters. The van der Waals surface area contributed by atoms with Crippen molar-refractivity contribution in [1.29, 1.82) is 0 Å². The van der Waals surface area contributed by atoms with Crippen LogP contribution in [-0.4, -0.2) is 4.92 Å². The van der Waals surface area contributed by atoms with Gasteiger partial charge in [0.1, 0.15) is 23.0 Å². The van der Waals surface area contributed by atoms with Gasteiger partial charge in [0, 0.05) is 5.88 Å². The minimum absolute atomic E-state index is 0.147. The van der Waals surface area contributed by atoms with E-state index in [9.17, 15) is 10.1 Å². The Labute approximate surface area is 108 Å². The molecule has 0 atom stereocenters. The lowest BCUT2D eigenvalue weighted by Gasteiger charge is -2.04. The quantitative estimate of drug-likeness (QED) is 0.472. The van der Waals surface area contributed by atoms with Crippen molar-refractivity contribution in [3.05, 3.63) is 57.8 Å². The van der Waals surface area contributed by atoms with E-state index in [-0.39, 0.29) is 12.5 Å². The van der Waals surface area contributed by atoms with Crippen LogP contribution in [0.1, 0.15) is 11.3 Å². The van der Waals surface area contributed by atoms with Gasteiger partial charge in [-0.1, -0.05) is 12.1 Å². The topological polar surface area (TPSA) is 65.5 Å². The molecule has 6 heteroatoms. The van der Waals surface area contributed by atoms with Crippen LogP contribution in [0.3, 0.4) is 0 Å². The minimum atomic E-state index is -0.585. The summed E-state index contributed by atoms with van der Waals surface area (Å²) in [7, 11) is 0. The van der Waals surface area contributed by atoms with E-state index >= 15 is 0 Å². The Morgan fingerprint density at radius 1 is 1.22 bits per heavy atom. The summed E-state index contributed by atoms with van der Waals surface area (Å²) in [5, 5.41) is 10.4. The molecule has 0 amide bonds. The number of hydrogen-bond acceptors (Lipinski definition) is 4. The van der Waals surface area contributed by atoms with Crippen molar-refractivity contribution in [2.75, 3.05) is 0 Å². The second-order valence-electron chi connectivity index (χ2n) is 3.56. The molecule has 0 saturated heterocycles. The third-order valence-corrected chi connectivity index (χ3v) is 2.59. The first kappa shape index (κ1) is 12.4. The van der Waals surface area contributed by atoms with E-state index in [1.807, 2.05) is 12.1 Å². The molecule has 1 heterocycles. The zero-order valence-corrected chi connectivity index (χ0v) is 10.1. The fourth-order valence-electron chi connectivity index (χ4n) is 1.37. The lowest BCUT2D eigenvalue weighted by molar-refractivity contribution is -0.402. The van der Waals surface area contributed by atoms with E-state index in [0.717, 1.165) is 5.56 Å². The molecule has 0 aliphatic heterocycles. The summed E-state index contributed by atoms with van der Waals surface area (Å²) in [6, 6.07) is 10.1. The molecule has 1 aromatic heterocycles. The van der Waals surface area contributed by atoms with E-state index in [2.05, 4.69) is 0 Å². The summed E-state index contributed by atoms with van der Waals surface area (Å²) in [6.07, 6.45) is 0. The fraction of sp³-hybridized carbons (Fsp3) is 0.167. The van der Waals surface area contributed by atoms with Gasteiger partial charge in [0.25, 0.3) is 0 Å². The van der Waals surface area contributed by atoms with Crippen LogP contribution in [0.15, 0.2) is 40.8 Å². The first-order valence-electron chi connectivity index (χ1n) is 5.20. The van der Waals surface area contributed by atoms with Crippen molar-refractivity contribution in [2.45, 2.75) is 12.5 Å². The summed E-state index contributed by atoms with van der Waals surface area (Å²) in [5.41, 5.74) is 0.998. The largest absolute Gasteiger partial charge is 0.486 e. The summed E-state index contributed by atoms with van der Waals surface area (Å²) < 4.78 is 10.4. The summed E-state index contributed by atoms with van der Waals surface area (Å²) >= 11 is 5.66. The highest BCUT2D eigenvalue weighted by molar-refractivity contribution is 6.17. The highest BCUT2D eigenvalue weighted by Crippen LogP contribution is 2.19. The maximum Gasteiger partial charge on any atom is 0.433 e. The van der Waals surface area contributed by atoms with Crippen molar-refractivity contribution in [3.8, 4) is 5.75 Å². The Morgan fingerprint density at radius 2 is 1.94 bits per heavy atom. The predicted molar refractivity (Wildman–Crippen MR) is 65.7 cm³/mol. The van der Waals surface area contributed by atoms with E-state index in [0.29, 0.717) is 17.4 Å². The molecular formula is C12H10ClNO4. The third kappa shape index (κ3) is 3.01. The fourth-order valence-corrected chi connectivity index (χ4v) is 1.55. The number of halogens is 1. The molecule has 94 valence electrons. The Balaban J connectivity index is 1.95. The average molecular weight is 268 g/mol. The number of alkyl halides is 1. The molecule has 18 heavy (non-hydrogen) atoms. The molecule has 0 fully saturated rings. The monoisotopic (exact) mass is 267 g/mol. The number of nitro groups is 1. The van der Waals surface area contributed by atoms with Crippen LogP contribution in [0.4, 0.5) is 5.88 Å². The maximum absolute atomic E-state index is 10.4. The van der Waals surface area contributed by atoms with E-state index < -0.39 is 4.92 Å². The first-order chi connectivity index (χ1) is 8.69. The summed E-state index contributed by atoms with van der Waals surface area (Å²) in [5.74, 6) is 1.22. The van der Waals surface area contributed by atoms with Crippen LogP contribution < -0.4 is 4.74 Å². The zero-order chi connectivity index (χ0) is 13.0. The minimum Gasteiger partial charge on any atom is -0.486 e. The van der Waals surface area contributed by atoms with Crippen LogP contribution in [-0.2, 0) is 12.5 Å². The van der Waals surface area contributed by atoms with Gasteiger partial charge in [-0.2, -0.15) is 0 Å². The smallest absolute Gasteiger partial charge is 0.433 e. The van der Waals surface area contributed by atoms with Crippen molar-refractivity contribution in [1.82, 2.24) is 0 Å². The molecule has 0 N–H and O–H groups in total. The normalized spacial score (nSPS) is 10.3. The second-order valence-corrected chi connectivity index (χ2v) is 3.83. The number of ether oxygens (including phenoxy) is 1. The van der Waals surface area contributed by atoms with Crippen LogP contribution in [0.2, 0.25) is 0 Å². The third-order valence-electron chi connectivity index (χ3n) is 2.29. The Kier molecular flexibility index (Phi) is 3.84. The molecule has 0 bridgehead atoms. The maximum atomic E-state index is 10.4. The molecule has 0 radical (unpaired) electrons. The Morgan fingerprint density at radius 3 is 2.50 bits per heavy atom. The van der Waals surface area contributed by atoms with Crippen LogP contribution in [0.25, 0.3) is 0 Å². The van der Waals surface area contributed by atoms with Gasteiger partial charge in [0.15, 0.2) is 0 Å². The van der Waals surface area contributed by atoms with E-state index in [1.165, 1.54) is 12.1 Å². The number of nitrogens with zero attached hydrogens (tertiary/aromatic N) is 1. The van der Waals surface area contributed by atoms with Crippen LogP contribution >= 0.6 is 11.6 Å². The number of hydrogen-bond donors (Lipinski definition) is 0. The van der Waals surface area contributed by atoms with Crippen LogP contribution in [0, 0.1) is 10.1 Å². The first-order valence-corrected chi connectivity index (χ1v) is 5.73. The molecule has 0 saturated carbocycles. The van der Waals surface area contributed by atoms with Gasteiger partial charge >= 0.3 is 5.88 Å². The number of rotatable bonds is 5. The zero-order valence-electron chi connectivity index (χ0n) is 9.34. The number of furan rings is 1. The average Bonchev–Trinajstić information content (AvgIpc) is 2.86. The summed E-state index contributed by atoms with van der Waals surface area (Å²) in [6.45, 7) is 0.147. The number of benzene rings is 1. The van der Waals surface area contributed by atoms with Crippen molar-refractivity contribution >= 4 is 17.5 Å². The van der Waals surface area contributed by atoms with Gasteiger partial charge in [-0.05, 0) is 23.8 Å². The lowest BCUT2D eigenvalue weighted by Crippen LogP contribution is -1.93. The van der Waals surface area contributed by atoms with Crippen molar-refractivity contribution in [2.24, 2.45) is 0 Å². The van der Waals surface area contributed by atoms with Gasteiger partial charge in [0.05, 0.1) is 6.07 Å². The molecule has 0 aliphatic carbocycles. The summed E-state index contributed by atoms with van der Waals surface area (Å²) in [4.78, 5) is 9.83. The Bertz CT molecular complexity index is 535. The predicted octanol–water partition coefficient (Wildman–Crippen LogP) is 3.51. The Hall–Kier alpha value is -2.01. The van der Waals surface area contributed by atoms with Gasteiger partial charge in [-0.15, -0.1) is 11.6 Å². The highest BCUT2D eigenvalue weighted by atomic mass is 35.5. The second kappa shape index (κ2) is 5.55. The molecular weight excluding hydrogens is 258 g/mol. The molecule has 0 aliphatic rings. The van der Waals surface area contributed by atoms with Crippen molar-refractivity contribution in [3.63, 3.8) is 0 Å². The molecule has 5 nitrogen and oxygen atoms in total. The standard InChI is InChI=1S/C12H10ClNO4/c13-7-9-1-3-10(4-2-9)17-8-11-5-6-12(18-11)14(15)16/h1-6H,7-8H2. The molecule has 0 spiro atoms. The van der Waals surface area contributed by atoms with E-state index in [1.54, 1.807) is 12.1 Å². The molecule has 2 rings (SSSR count). The lowest BCUT2D eigenvalue weighted by atomic mass is 10.2. The SMILES string of the molecule is O=[N+]([O-])c1ccc(COc2ccc(CCl)cc2)o1. The van der Waals surface area contributed by atoms with Crippen LogP contribution in [0.5, 0.6) is 5.75 Å². The van der Waals surface area contributed by atoms with E-state index in [4.69, 9.17) is 20.8 Å². The van der Waals surface area contributed by atoms with Gasteiger partial charge < -0.3 is 9.15 Å². The molecule has 2 aromatic rings. The van der Waals surface area contributed by atoms with Gasteiger partial charge in [0.2, 0.25) is 0 Å². The van der Waals surface area contributed by atoms with Gasteiger partial charge in [-0.25, -0.2) is 0 Å². The van der Waals surface area contributed by atoms with Crippen molar-refractivity contribution < 1.29 is 14.1 Å². The molecule has 1 aromatic carbocycles. The van der Waals surface area contributed by atoms with Gasteiger partial charge in [-0.3, -0.25) is 10.1 Å². The highest BCUT2D eigenvalue weighted by Gasteiger charge is 2.11.